The lowest BCUT2D eigenvalue weighted by Gasteiger charge is -2.10. The van der Waals surface area contributed by atoms with Gasteiger partial charge in [-0.3, -0.25) is 0 Å². The van der Waals surface area contributed by atoms with Crippen molar-refractivity contribution in [1.82, 2.24) is 0 Å². The third kappa shape index (κ3) is 7.11. The maximum absolute atomic E-state index is 8.30. The summed E-state index contributed by atoms with van der Waals surface area (Å²) in [6.45, 7) is 0. The summed E-state index contributed by atoms with van der Waals surface area (Å²) in [7, 11) is 0. The zero-order chi connectivity index (χ0) is 7.49. The predicted octanol–water partition coefficient (Wildman–Crippen LogP) is 3.35. The Morgan fingerprint density at radius 2 is 2.11 bits per heavy atom. The second-order valence-electron chi connectivity index (χ2n) is 1.42. The molecular formula is C4H3Br3ClN. The Bertz CT molecular complexity index is 125. The summed E-state index contributed by atoms with van der Waals surface area (Å²) in [5.41, 5.74) is 0. The van der Waals surface area contributed by atoms with E-state index in [-0.39, 0.29) is 4.83 Å². The van der Waals surface area contributed by atoms with Crippen molar-refractivity contribution in [3.8, 4) is 6.07 Å². The van der Waals surface area contributed by atoms with Gasteiger partial charge in [0, 0.05) is 6.42 Å². The van der Waals surface area contributed by atoms with E-state index in [4.69, 9.17) is 16.9 Å². The molecule has 1 nitrogen and oxygen atoms in total. The maximum Gasteiger partial charge on any atom is 0.155 e. The second kappa shape index (κ2) is 4.17. The molecule has 0 aliphatic rings. The van der Waals surface area contributed by atoms with Gasteiger partial charge in [0.1, 0.15) is 4.83 Å². The third-order valence-electron chi connectivity index (χ3n) is 0.551. The number of rotatable bonds is 2. The van der Waals surface area contributed by atoms with Crippen molar-refractivity contribution in [1.29, 1.82) is 5.26 Å². The number of hydrogen-bond acceptors (Lipinski definition) is 1. The fourth-order valence-corrected chi connectivity index (χ4v) is 2.59. The van der Waals surface area contributed by atoms with Gasteiger partial charge in [0.15, 0.2) is 2.69 Å². The van der Waals surface area contributed by atoms with Crippen molar-refractivity contribution < 1.29 is 0 Å². The van der Waals surface area contributed by atoms with Crippen LogP contribution < -0.4 is 0 Å². The highest BCUT2D eigenvalue weighted by Gasteiger charge is 2.22. The van der Waals surface area contributed by atoms with E-state index in [1.807, 2.05) is 6.07 Å². The lowest BCUT2D eigenvalue weighted by Crippen LogP contribution is -2.07. The summed E-state index contributed by atoms with van der Waals surface area (Å²) in [4.78, 5) is -0.214. The summed E-state index contributed by atoms with van der Waals surface area (Å²) in [6.07, 6.45) is 0.505. The normalized spacial score (nSPS) is 14.6. The van der Waals surface area contributed by atoms with Crippen molar-refractivity contribution in [2.45, 2.75) is 13.9 Å². The molecule has 0 aliphatic carbocycles. The van der Waals surface area contributed by atoms with Gasteiger partial charge < -0.3 is 0 Å². The van der Waals surface area contributed by atoms with Crippen molar-refractivity contribution in [3.63, 3.8) is 0 Å². The van der Waals surface area contributed by atoms with Crippen molar-refractivity contribution >= 4 is 59.4 Å². The van der Waals surface area contributed by atoms with Crippen LogP contribution in [0.1, 0.15) is 6.42 Å². The largest absolute Gasteiger partial charge is 0.197 e. The number of nitriles is 1. The number of alkyl halides is 4. The highest BCUT2D eigenvalue weighted by Crippen LogP contribution is 2.37. The van der Waals surface area contributed by atoms with Crippen LogP contribution in [-0.2, 0) is 0 Å². The summed E-state index contributed by atoms with van der Waals surface area (Å²) in [5.74, 6) is 0. The minimum atomic E-state index is -0.649. The minimum Gasteiger partial charge on any atom is -0.197 e. The fourth-order valence-electron chi connectivity index (χ4n) is 0.249. The molecule has 0 N–H and O–H groups in total. The monoisotopic (exact) mass is 337 g/mol. The smallest absolute Gasteiger partial charge is 0.155 e. The molecule has 0 heterocycles. The van der Waals surface area contributed by atoms with Gasteiger partial charge >= 0.3 is 0 Å². The van der Waals surface area contributed by atoms with Crippen LogP contribution in [0.25, 0.3) is 0 Å². The number of hydrogen-bond donors (Lipinski definition) is 0. The quantitative estimate of drug-likeness (QED) is 0.708. The SMILES string of the molecule is N#CC(Br)CC(Cl)(Br)Br. The third-order valence-corrected chi connectivity index (χ3v) is 1.88. The molecule has 0 saturated heterocycles. The topological polar surface area (TPSA) is 23.8 Å². The van der Waals surface area contributed by atoms with E-state index in [2.05, 4.69) is 47.8 Å². The zero-order valence-electron chi connectivity index (χ0n) is 4.24. The minimum absolute atomic E-state index is 0.214. The van der Waals surface area contributed by atoms with Crippen molar-refractivity contribution in [3.05, 3.63) is 0 Å². The molecule has 0 saturated carbocycles. The first-order valence-electron chi connectivity index (χ1n) is 2.06. The molecule has 1 atom stereocenters. The highest BCUT2D eigenvalue weighted by atomic mass is 79.9. The van der Waals surface area contributed by atoms with Crippen LogP contribution in [0.4, 0.5) is 0 Å². The Labute approximate surface area is 84.1 Å². The van der Waals surface area contributed by atoms with Crippen LogP contribution in [0.15, 0.2) is 0 Å². The van der Waals surface area contributed by atoms with E-state index in [1.165, 1.54) is 0 Å². The fraction of sp³-hybridized carbons (Fsp3) is 0.750. The first-order chi connectivity index (χ1) is 3.95. The summed E-state index contributed by atoms with van der Waals surface area (Å²) < 4.78 is -0.649. The molecule has 0 aromatic rings. The number of nitrogens with zero attached hydrogens (tertiary/aromatic N) is 1. The maximum atomic E-state index is 8.30. The lowest BCUT2D eigenvalue weighted by molar-refractivity contribution is 0.952. The molecule has 0 aliphatic heterocycles. The van der Waals surface area contributed by atoms with Gasteiger partial charge in [-0.2, -0.15) is 5.26 Å². The van der Waals surface area contributed by atoms with E-state index >= 15 is 0 Å². The van der Waals surface area contributed by atoms with Gasteiger partial charge in [0.05, 0.1) is 6.07 Å². The average molecular weight is 340 g/mol. The molecule has 0 amide bonds. The van der Waals surface area contributed by atoms with Gasteiger partial charge in [0.25, 0.3) is 0 Å². The molecule has 0 fully saturated rings. The van der Waals surface area contributed by atoms with E-state index in [9.17, 15) is 0 Å². The molecule has 1 unspecified atom stereocenters. The van der Waals surface area contributed by atoms with Gasteiger partial charge in [-0.15, -0.1) is 0 Å². The molecule has 0 rings (SSSR count). The van der Waals surface area contributed by atoms with Crippen molar-refractivity contribution in [2.75, 3.05) is 0 Å². The molecular weight excluding hydrogens is 337 g/mol. The Morgan fingerprint density at radius 1 is 1.67 bits per heavy atom. The second-order valence-corrected chi connectivity index (χ2v) is 7.85. The highest BCUT2D eigenvalue weighted by molar-refractivity contribution is 9.26. The van der Waals surface area contributed by atoms with Crippen LogP contribution in [0, 0.1) is 11.3 Å². The molecule has 0 spiro atoms. The predicted molar refractivity (Wildman–Crippen MR) is 49.4 cm³/mol. The van der Waals surface area contributed by atoms with E-state index in [0.717, 1.165) is 0 Å². The lowest BCUT2D eigenvalue weighted by atomic mass is 10.4. The Balaban J connectivity index is 3.63. The van der Waals surface area contributed by atoms with Gasteiger partial charge in [-0.25, -0.2) is 0 Å². The van der Waals surface area contributed by atoms with E-state index in [0.29, 0.717) is 6.42 Å². The summed E-state index contributed by atoms with van der Waals surface area (Å²) >= 11 is 15.0. The van der Waals surface area contributed by atoms with Crippen LogP contribution in [0.5, 0.6) is 0 Å². The summed E-state index contributed by atoms with van der Waals surface area (Å²) in [6, 6.07) is 1.99. The molecule has 0 bridgehead atoms. The first kappa shape index (κ1) is 10.2. The Morgan fingerprint density at radius 3 is 2.22 bits per heavy atom. The standard InChI is InChI=1S/C4H3Br3ClN/c5-3(2-9)1-4(6,7)8/h3H,1H2. The molecule has 0 aromatic carbocycles. The Hall–Kier alpha value is 1.22. The molecule has 0 aromatic heterocycles. The van der Waals surface area contributed by atoms with Crippen LogP contribution in [-0.4, -0.2) is 7.52 Å². The van der Waals surface area contributed by atoms with Crippen LogP contribution in [0.3, 0.4) is 0 Å². The molecule has 0 radical (unpaired) electrons. The number of halogens is 4. The summed E-state index contributed by atoms with van der Waals surface area (Å²) in [5, 5.41) is 8.30. The van der Waals surface area contributed by atoms with Crippen LogP contribution >= 0.6 is 59.4 Å². The van der Waals surface area contributed by atoms with Gasteiger partial charge in [-0.1, -0.05) is 59.4 Å². The van der Waals surface area contributed by atoms with Gasteiger partial charge in [0.2, 0.25) is 0 Å². The molecule has 5 heteroatoms. The molecule has 9 heavy (non-hydrogen) atoms. The van der Waals surface area contributed by atoms with Crippen molar-refractivity contribution in [2.24, 2.45) is 0 Å². The Kier molecular flexibility index (Phi) is 4.74. The molecule has 52 valence electrons. The van der Waals surface area contributed by atoms with E-state index in [1.54, 1.807) is 0 Å². The zero-order valence-corrected chi connectivity index (χ0v) is 9.76. The average Bonchev–Trinajstić information content (AvgIpc) is 1.62. The van der Waals surface area contributed by atoms with E-state index < -0.39 is 2.69 Å². The van der Waals surface area contributed by atoms with Gasteiger partial charge in [-0.05, 0) is 0 Å². The van der Waals surface area contributed by atoms with Crippen LogP contribution in [0.2, 0.25) is 0 Å². The first-order valence-corrected chi connectivity index (χ1v) is 4.94.